The van der Waals surface area contributed by atoms with Crippen molar-refractivity contribution in [2.24, 2.45) is 5.92 Å². The summed E-state index contributed by atoms with van der Waals surface area (Å²) in [6.45, 7) is 7.81. The maximum absolute atomic E-state index is 13.6. The van der Waals surface area contributed by atoms with Crippen molar-refractivity contribution in [2.75, 3.05) is 4.90 Å². The minimum absolute atomic E-state index is 0.137. The van der Waals surface area contributed by atoms with E-state index in [9.17, 15) is 14.4 Å². The molecule has 6 nitrogen and oxygen atoms in total. The second kappa shape index (κ2) is 8.46. The van der Waals surface area contributed by atoms with Crippen molar-refractivity contribution < 1.29 is 14.4 Å². The smallest absolute Gasteiger partial charge is 0.293 e. The highest BCUT2D eigenvalue weighted by molar-refractivity contribution is 6.48. The Labute approximate surface area is 187 Å². The molecule has 1 aromatic heterocycles. The molecule has 1 amide bonds. The number of Topliss-reactive ketones (excluding diaryl/α,β-unsaturated/α-hetero) is 2. The van der Waals surface area contributed by atoms with E-state index in [0.29, 0.717) is 11.3 Å². The Kier molecular flexibility index (Phi) is 5.70. The van der Waals surface area contributed by atoms with Crippen LogP contribution < -0.4 is 4.90 Å². The summed E-state index contributed by atoms with van der Waals surface area (Å²) in [5.74, 6) is -2.59. The van der Waals surface area contributed by atoms with Crippen LogP contribution in [0.25, 0.3) is 0 Å². The summed E-state index contributed by atoms with van der Waals surface area (Å²) in [7, 11) is 0. The number of rotatable bonds is 5. The van der Waals surface area contributed by atoms with Crippen LogP contribution in [0.15, 0.2) is 60.7 Å². The van der Waals surface area contributed by atoms with Crippen molar-refractivity contribution in [1.82, 2.24) is 10.2 Å². The molecule has 0 N–H and O–H groups in total. The lowest BCUT2D eigenvalue weighted by Gasteiger charge is -2.28. The first kappa shape index (κ1) is 21.6. The number of nitrogens with zero attached hydrogens (tertiary/aromatic N) is 3. The van der Waals surface area contributed by atoms with Crippen molar-refractivity contribution in [3.63, 3.8) is 0 Å². The SMILES string of the molecule is Cc1ccc(C(=O)C2C(=O)C(=O)N(c3ccc(C)nn3)C2c2ccccc2C(C)C)cc1. The average molecular weight is 428 g/mol. The number of ketones is 2. The van der Waals surface area contributed by atoms with Crippen molar-refractivity contribution in [3.05, 3.63) is 88.6 Å². The van der Waals surface area contributed by atoms with Crippen molar-refractivity contribution >= 4 is 23.3 Å². The Bertz CT molecular complexity index is 1180. The molecule has 0 bridgehead atoms. The molecule has 1 aliphatic heterocycles. The summed E-state index contributed by atoms with van der Waals surface area (Å²) in [4.78, 5) is 41.4. The lowest BCUT2D eigenvalue weighted by Crippen LogP contribution is -2.32. The number of aromatic nitrogens is 2. The van der Waals surface area contributed by atoms with Crippen LogP contribution in [-0.2, 0) is 9.59 Å². The van der Waals surface area contributed by atoms with Crippen LogP contribution in [0.3, 0.4) is 0 Å². The molecule has 0 saturated carbocycles. The second-order valence-electron chi connectivity index (χ2n) is 8.51. The molecule has 1 saturated heterocycles. The van der Waals surface area contributed by atoms with E-state index >= 15 is 0 Å². The Morgan fingerprint density at radius 1 is 0.906 bits per heavy atom. The van der Waals surface area contributed by atoms with Gasteiger partial charge >= 0.3 is 0 Å². The zero-order chi connectivity index (χ0) is 23.0. The summed E-state index contributed by atoms with van der Waals surface area (Å²) in [5.41, 5.74) is 3.86. The number of hydrogen-bond acceptors (Lipinski definition) is 5. The van der Waals surface area contributed by atoms with Gasteiger partial charge in [-0.2, -0.15) is 5.10 Å². The molecule has 0 radical (unpaired) electrons. The predicted octanol–water partition coefficient (Wildman–Crippen LogP) is 4.37. The molecule has 2 unspecified atom stereocenters. The van der Waals surface area contributed by atoms with Gasteiger partial charge in [-0.25, -0.2) is 0 Å². The van der Waals surface area contributed by atoms with E-state index in [0.717, 1.165) is 16.7 Å². The molecule has 0 spiro atoms. The van der Waals surface area contributed by atoms with Gasteiger partial charge in [0.2, 0.25) is 5.78 Å². The Morgan fingerprint density at radius 3 is 2.22 bits per heavy atom. The van der Waals surface area contributed by atoms with Gasteiger partial charge in [-0.1, -0.05) is 67.9 Å². The van der Waals surface area contributed by atoms with Gasteiger partial charge in [0.1, 0.15) is 5.92 Å². The van der Waals surface area contributed by atoms with Crippen molar-refractivity contribution in [3.8, 4) is 0 Å². The minimum atomic E-state index is -1.16. The monoisotopic (exact) mass is 427 g/mol. The number of benzene rings is 2. The summed E-state index contributed by atoms with van der Waals surface area (Å²) >= 11 is 0. The van der Waals surface area contributed by atoms with Crippen LogP contribution >= 0.6 is 0 Å². The van der Waals surface area contributed by atoms with Crippen molar-refractivity contribution in [1.29, 1.82) is 0 Å². The maximum atomic E-state index is 13.6. The fourth-order valence-electron chi connectivity index (χ4n) is 4.22. The van der Waals surface area contributed by atoms with E-state index in [2.05, 4.69) is 10.2 Å². The fraction of sp³-hybridized carbons (Fsp3) is 0.269. The molecule has 3 aromatic rings. The second-order valence-corrected chi connectivity index (χ2v) is 8.51. The van der Waals surface area contributed by atoms with Crippen LogP contribution in [0.1, 0.15) is 58.5 Å². The highest BCUT2D eigenvalue weighted by Crippen LogP contribution is 2.42. The Hall–Kier alpha value is -3.67. The first-order valence-electron chi connectivity index (χ1n) is 10.7. The number of carbonyl (C=O) groups excluding carboxylic acids is 3. The van der Waals surface area contributed by atoms with Crippen LogP contribution in [0.2, 0.25) is 0 Å². The van der Waals surface area contributed by atoms with Gasteiger partial charge < -0.3 is 0 Å². The topological polar surface area (TPSA) is 80.2 Å². The van der Waals surface area contributed by atoms with E-state index in [1.165, 1.54) is 4.90 Å². The molecular formula is C26H25N3O3. The lowest BCUT2D eigenvalue weighted by molar-refractivity contribution is -0.135. The molecular weight excluding hydrogens is 402 g/mol. The highest BCUT2D eigenvalue weighted by Gasteiger charge is 2.53. The van der Waals surface area contributed by atoms with E-state index in [-0.39, 0.29) is 17.5 Å². The summed E-state index contributed by atoms with van der Waals surface area (Å²) in [6, 6.07) is 17.3. The van der Waals surface area contributed by atoms with Crippen molar-refractivity contribution in [2.45, 2.75) is 39.7 Å². The molecule has 2 heterocycles. The normalized spacial score (nSPS) is 18.5. The number of anilines is 1. The van der Waals surface area contributed by atoms with Gasteiger partial charge in [-0.05, 0) is 43.0 Å². The Balaban J connectivity index is 1.90. The Morgan fingerprint density at radius 2 is 1.59 bits per heavy atom. The van der Waals surface area contributed by atoms with Gasteiger partial charge in [0.05, 0.1) is 11.7 Å². The van der Waals surface area contributed by atoms with E-state index < -0.39 is 23.7 Å². The zero-order valence-electron chi connectivity index (χ0n) is 18.6. The highest BCUT2D eigenvalue weighted by atomic mass is 16.2. The van der Waals surface area contributed by atoms with E-state index in [4.69, 9.17) is 0 Å². The molecule has 32 heavy (non-hydrogen) atoms. The molecule has 0 aliphatic carbocycles. The third-order valence-electron chi connectivity index (χ3n) is 5.89. The van der Waals surface area contributed by atoms with E-state index in [1.807, 2.05) is 57.2 Å². The van der Waals surface area contributed by atoms with Gasteiger partial charge in [0.15, 0.2) is 11.6 Å². The fourth-order valence-corrected chi connectivity index (χ4v) is 4.22. The van der Waals surface area contributed by atoms with E-state index in [1.54, 1.807) is 31.2 Å². The van der Waals surface area contributed by atoms with Crippen LogP contribution in [0.4, 0.5) is 5.82 Å². The lowest BCUT2D eigenvalue weighted by atomic mass is 9.82. The van der Waals surface area contributed by atoms with Gasteiger partial charge in [-0.3, -0.25) is 19.3 Å². The molecule has 1 aliphatic rings. The predicted molar refractivity (Wildman–Crippen MR) is 122 cm³/mol. The van der Waals surface area contributed by atoms with Gasteiger partial charge in [0, 0.05) is 5.56 Å². The number of amides is 1. The largest absolute Gasteiger partial charge is 0.297 e. The third kappa shape index (κ3) is 3.73. The standard InChI is InChI=1S/C26H25N3O3/c1-15(2)19-7-5-6-8-20(19)23-22(24(30)18-12-9-16(3)10-13-18)25(31)26(32)29(23)21-14-11-17(4)27-28-21/h5-15,22-23H,1-4H3. The minimum Gasteiger partial charge on any atom is -0.293 e. The quantitative estimate of drug-likeness (QED) is 0.343. The number of carbonyl (C=O) groups is 3. The molecule has 6 heteroatoms. The van der Waals surface area contributed by atoms with Gasteiger partial charge in [0.25, 0.3) is 5.91 Å². The summed E-state index contributed by atoms with van der Waals surface area (Å²) < 4.78 is 0. The third-order valence-corrected chi connectivity index (χ3v) is 5.89. The summed E-state index contributed by atoms with van der Waals surface area (Å²) in [6.07, 6.45) is 0. The average Bonchev–Trinajstić information content (AvgIpc) is 3.05. The molecule has 4 rings (SSSR count). The number of aryl methyl sites for hydroxylation is 2. The molecule has 1 fully saturated rings. The zero-order valence-corrected chi connectivity index (χ0v) is 18.6. The molecule has 2 aromatic carbocycles. The molecule has 2 atom stereocenters. The van der Waals surface area contributed by atoms with Gasteiger partial charge in [-0.15, -0.1) is 5.10 Å². The number of hydrogen-bond donors (Lipinski definition) is 0. The first-order valence-corrected chi connectivity index (χ1v) is 10.7. The molecule has 162 valence electrons. The van der Waals surface area contributed by atoms with Crippen LogP contribution in [0, 0.1) is 19.8 Å². The van der Waals surface area contributed by atoms with Crippen LogP contribution in [0.5, 0.6) is 0 Å². The maximum Gasteiger partial charge on any atom is 0.297 e. The summed E-state index contributed by atoms with van der Waals surface area (Å²) in [5, 5.41) is 8.23. The van der Waals surface area contributed by atoms with Crippen LogP contribution in [-0.4, -0.2) is 27.7 Å². The first-order chi connectivity index (χ1) is 15.3.